The summed E-state index contributed by atoms with van der Waals surface area (Å²) in [4.78, 5) is 14.4. The Labute approximate surface area is 133 Å². The lowest BCUT2D eigenvalue weighted by Gasteiger charge is -2.16. The minimum absolute atomic E-state index is 0.0181. The molecule has 0 atom stereocenters. The molecular formula is C18H15ClN2O. The lowest BCUT2D eigenvalue weighted by molar-refractivity contribution is 0.0996. The highest BCUT2D eigenvalue weighted by Crippen LogP contribution is 2.32. The Morgan fingerprint density at radius 2 is 1.91 bits per heavy atom. The molecule has 1 aliphatic rings. The summed E-state index contributed by atoms with van der Waals surface area (Å²) < 4.78 is 2.15. The van der Waals surface area contributed by atoms with E-state index in [1.165, 1.54) is 11.2 Å². The topological polar surface area (TPSA) is 25.2 Å². The largest absolute Gasteiger partial charge is 0.348 e. The van der Waals surface area contributed by atoms with Crippen LogP contribution in [0, 0.1) is 6.92 Å². The lowest BCUT2D eigenvalue weighted by Crippen LogP contribution is -2.22. The van der Waals surface area contributed by atoms with Gasteiger partial charge in [-0.25, -0.2) is 0 Å². The molecular weight excluding hydrogens is 296 g/mol. The van der Waals surface area contributed by atoms with Crippen LogP contribution in [-0.4, -0.2) is 10.5 Å². The van der Waals surface area contributed by atoms with E-state index in [2.05, 4.69) is 36.7 Å². The van der Waals surface area contributed by atoms with E-state index in [4.69, 9.17) is 11.6 Å². The van der Waals surface area contributed by atoms with Gasteiger partial charge in [0.25, 0.3) is 5.91 Å². The molecule has 1 amide bonds. The molecule has 110 valence electrons. The molecule has 0 saturated heterocycles. The van der Waals surface area contributed by atoms with E-state index >= 15 is 0 Å². The molecule has 22 heavy (non-hydrogen) atoms. The van der Waals surface area contributed by atoms with Gasteiger partial charge in [-0.3, -0.25) is 4.79 Å². The first-order valence-corrected chi connectivity index (χ1v) is 7.59. The first-order valence-electron chi connectivity index (χ1n) is 7.21. The second-order valence-corrected chi connectivity index (χ2v) is 6.22. The van der Waals surface area contributed by atoms with Crippen molar-refractivity contribution in [3.8, 4) is 0 Å². The van der Waals surface area contributed by atoms with Gasteiger partial charge in [0.15, 0.2) is 0 Å². The zero-order valence-corrected chi connectivity index (χ0v) is 13.2. The van der Waals surface area contributed by atoms with E-state index in [-0.39, 0.29) is 5.91 Å². The fourth-order valence-corrected chi connectivity index (χ4v) is 3.30. The van der Waals surface area contributed by atoms with Crippen molar-refractivity contribution < 1.29 is 4.79 Å². The molecule has 4 heteroatoms. The van der Waals surface area contributed by atoms with Gasteiger partial charge in [0, 0.05) is 39.9 Å². The van der Waals surface area contributed by atoms with Crippen molar-refractivity contribution in [2.75, 3.05) is 4.90 Å². The van der Waals surface area contributed by atoms with Crippen LogP contribution in [0.2, 0.25) is 5.02 Å². The van der Waals surface area contributed by atoms with Crippen molar-refractivity contribution >= 4 is 34.1 Å². The van der Waals surface area contributed by atoms with Crippen LogP contribution in [0.5, 0.6) is 0 Å². The van der Waals surface area contributed by atoms with Crippen LogP contribution in [0.25, 0.3) is 10.9 Å². The first kappa shape index (κ1) is 13.4. The van der Waals surface area contributed by atoms with Gasteiger partial charge in [0.1, 0.15) is 0 Å². The van der Waals surface area contributed by atoms with Gasteiger partial charge in [-0.2, -0.15) is 0 Å². The summed E-state index contributed by atoms with van der Waals surface area (Å²) in [6.07, 6.45) is 0. The Balaban J connectivity index is 1.79. The SMILES string of the molecule is Cc1cc2cc(N3Cc4ccc(Cl)cc4C3=O)ccc2n1C. The van der Waals surface area contributed by atoms with Crippen LogP contribution in [0.4, 0.5) is 5.69 Å². The quantitative estimate of drug-likeness (QED) is 0.658. The molecule has 0 radical (unpaired) electrons. The van der Waals surface area contributed by atoms with Crippen molar-refractivity contribution in [2.45, 2.75) is 13.5 Å². The molecule has 2 aromatic carbocycles. The fourth-order valence-electron chi connectivity index (χ4n) is 3.12. The highest BCUT2D eigenvalue weighted by molar-refractivity contribution is 6.31. The van der Waals surface area contributed by atoms with Crippen LogP contribution in [0.1, 0.15) is 21.6 Å². The minimum atomic E-state index is 0.0181. The van der Waals surface area contributed by atoms with Gasteiger partial charge in [0.2, 0.25) is 0 Å². The number of aryl methyl sites for hydroxylation is 2. The summed E-state index contributed by atoms with van der Waals surface area (Å²) in [5, 5.41) is 1.75. The summed E-state index contributed by atoms with van der Waals surface area (Å²) in [5.41, 5.74) is 5.04. The number of nitrogens with zero attached hydrogens (tertiary/aromatic N) is 2. The number of carbonyl (C=O) groups is 1. The second-order valence-electron chi connectivity index (χ2n) is 5.78. The summed E-state index contributed by atoms with van der Waals surface area (Å²) in [6, 6.07) is 13.8. The Hall–Kier alpha value is -2.26. The summed E-state index contributed by atoms with van der Waals surface area (Å²) in [6.45, 7) is 2.68. The maximum absolute atomic E-state index is 12.6. The maximum atomic E-state index is 12.6. The van der Waals surface area contributed by atoms with E-state index in [9.17, 15) is 4.79 Å². The number of hydrogen-bond acceptors (Lipinski definition) is 1. The molecule has 3 aromatic rings. The number of anilines is 1. The van der Waals surface area contributed by atoms with Crippen LogP contribution in [0.3, 0.4) is 0 Å². The highest BCUT2D eigenvalue weighted by atomic mass is 35.5. The van der Waals surface area contributed by atoms with Crippen molar-refractivity contribution in [3.05, 3.63) is 64.3 Å². The smallest absolute Gasteiger partial charge is 0.258 e. The predicted octanol–water partition coefficient (Wildman–Crippen LogP) is 4.30. The summed E-state index contributed by atoms with van der Waals surface area (Å²) >= 11 is 6.01. The first-order chi connectivity index (χ1) is 10.5. The number of hydrogen-bond donors (Lipinski definition) is 0. The van der Waals surface area contributed by atoms with Crippen molar-refractivity contribution in [2.24, 2.45) is 7.05 Å². The number of benzene rings is 2. The Morgan fingerprint density at radius 1 is 1.09 bits per heavy atom. The minimum Gasteiger partial charge on any atom is -0.348 e. The van der Waals surface area contributed by atoms with Gasteiger partial charge in [-0.15, -0.1) is 0 Å². The number of amides is 1. The summed E-state index contributed by atoms with van der Waals surface area (Å²) in [5.74, 6) is 0.0181. The average Bonchev–Trinajstić information content (AvgIpc) is 2.97. The number of halogens is 1. The third-order valence-electron chi connectivity index (χ3n) is 4.45. The maximum Gasteiger partial charge on any atom is 0.258 e. The fraction of sp³-hybridized carbons (Fsp3) is 0.167. The summed E-state index contributed by atoms with van der Waals surface area (Å²) in [7, 11) is 2.05. The average molecular weight is 311 g/mol. The molecule has 0 bridgehead atoms. The number of aromatic nitrogens is 1. The Bertz CT molecular complexity index is 926. The van der Waals surface area contributed by atoms with E-state index in [1.807, 2.05) is 23.1 Å². The van der Waals surface area contributed by atoms with Crippen molar-refractivity contribution in [3.63, 3.8) is 0 Å². The number of carbonyl (C=O) groups excluding carboxylic acids is 1. The van der Waals surface area contributed by atoms with Gasteiger partial charge < -0.3 is 9.47 Å². The molecule has 0 unspecified atom stereocenters. The normalized spacial score (nSPS) is 14.0. The third-order valence-corrected chi connectivity index (χ3v) is 4.69. The second kappa shape index (κ2) is 4.62. The number of fused-ring (bicyclic) bond motifs is 2. The zero-order valence-electron chi connectivity index (χ0n) is 12.4. The monoisotopic (exact) mass is 310 g/mol. The standard InChI is InChI=1S/C18H15ClN2O/c1-11-7-13-8-15(5-6-17(13)20(11)2)21-10-12-3-4-14(19)9-16(12)18(21)22/h3-9H,10H2,1-2H3. The van der Waals surface area contributed by atoms with Crippen molar-refractivity contribution in [1.82, 2.24) is 4.57 Å². The van der Waals surface area contributed by atoms with E-state index in [1.54, 1.807) is 6.07 Å². The Morgan fingerprint density at radius 3 is 2.73 bits per heavy atom. The van der Waals surface area contributed by atoms with Gasteiger partial charge in [-0.1, -0.05) is 17.7 Å². The van der Waals surface area contributed by atoms with Gasteiger partial charge in [-0.05, 0) is 48.9 Å². The van der Waals surface area contributed by atoms with E-state index in [0.717, 1.165) is 16.6 Å². The van der Waals surface area contributed by atoms with Crippen LogP contribution < -0.4 is 4.90 Å². The van der Waals surface area contributed by atoms with Crippen LogP contribution in [-0.2, 0) is 13.6 Å². The van der Waals surface area contributed by atoms with Crippen LogP contribution >= 0.6 is 11.6 Å². The Kier molecular flexibility index (Phi) is 2.81. The molecule has 1 aliphatic heterocycles. The molecule has 0 fully saturated rings. The third kappa shape index (κ3) is 1.86. The van der Waals surface area contributed by atoms with E-state index in [0.29, 0.717) is 17.1 Å². The molecule has 4 rings (SSSR count). The van der Waals surface area contributed by atoms with Gasteiger partial charge in [0.05, 0.1) is 6.54 Å². The molecule has 3 nitrogen and oxygen atoms in total. The van der Waals surface area contributed by atoms with E-state index < -0.39 is 0 Å². The molecule has 0 saturated carbocycles. The molecule has 2 heterocycles. The number of rotatable bonds is 1. The molecule has 0 N–H and O–H groups in total. The van der Waals surface area contributed by atoms with Gasteiger partial charge >= 0.3 is 0 Å². The lowest BCUT2D eigenvalue weighted by atomic mass is 10.1. The zero-order chi connectivity index (χ0) is 15.4. The molecule has 0 spiro atoms. The molecule has 0 aliphatic carbocycles. The van der Waals surface area contributed by atoms with Crippen LogP contribution in [0.15, 0.2) is 42.5 Å². The molecule has 1 aromatic heterocycles. The highest BCUT2D eigenvalue weighted by Gasteiger charge is 2.28. The predicted molar refractivity (Wildman–Crippen MR) is 89.6 cm³/mol. The van der Waals surface area contributed by atoms with Crippen molar-refractivity contribution in [1.29, 1.82) is 0 Å².